The lowest BCUT2D eigenvalue weighted by atomic mass is 10.3. The summed E-state index contributed by atoms with van der Waals surface area (Å²) in [6.07, 6.45) is 1.79. The molecule has 0 fully saturated rings. The predicted octanol–water partition coefficient (Wildman–Crippen LogP) is 4.49. The minimum absolute atomic E-state index is 0.403. The number of imidazole rings is 1. The summed E-state index contributed by atoms with van der Waals surface area (Å²) in [7, 11) is 0. The van der Waals surface area contributed by atoms with Gasteiger partial charge in [-0.1, -0.05) is 41.4 Å². The molecule has 3 aromatic rings. The molecule has 6 heteroatoms. The van der Waals surface area contributed by atoms with E-state index in [1.165, 1.54) is 0 Å². The normalized spacial score (nSPS) is 10.9. The Hall–Kier alpha value is -2.17. The Balaban J connectivity index is 1.84. The van der Waals surface area contributed by atoms with Gasteiger partial charge in [0.15, 0.2) is 0 Å². The summed E-state index contributed by atoms with van der Waals surface area (Å²) in [6, 6.07) is 13.1. The van der Waals surface area contributed by atoms with Crippen LogP contribution in [0, 0.1) is 5.41 Å². The van der Waals surface area contributed by atoms with Crippen molar-refractivity contribution in [3.63, 3.8) is 0 Å². The van der Waals surface area contributed by atoms with Crippen molar-refractivity contribution in [2.75, 3.05) is 6.61 Å². The number of halogens is 2. The smallest absolute Gasteiger partial charge is 0.203 e. The molecule has 0 unspecified atom stereocenters. The maximum Gasteiger partial charge on any atom is 0.203 e. The van der Waals surface area contributed by atoms with Crippen molar-refractivity contribution in [2.45, 2.75) is 13.1 Å². The summed E-state index contributed by atoms with van der Waals surface area (Å²) >= 11 is 12.0. The van der Waals surface area contributed by atoms with E-state index in [1.807, 2.05) is 33.4 Å². The van der Waals surface area contributed by atoms with Gasteiger partial charge in [-0.25, -0.2) is 0 Å². The summed E-state index contributed by atoms with van der Waals surface area (Å²) in [5.41, 5.74) is 2.42. The Morgan fingerprint density at radius 3 is 2.46 bits per heavy atom. The van der Waals surface area contributed by atoms with Crippen LogP contribution in [0.15, 0.2) is 55.1 Å². The Labute approximate surface area is 150 Å². The zero-order valence-corrected chi connectivity index (χ0v) is 14.5. The molecule has 2 aromatic carbocycles. The molecule has 0 aliphatic carbocycles. The molecule has 0 saturated heterocycles. The number of benzene rings is 2. The number of para-hydroxylation sites is 2. The number of hydrogen-bond acceptors (Lipinski definition) is 2. The fraction of sp³-hybridized carbons (Fsp3) is 0.167. The van der Waals surface area contributed by atoms with Crippen molar-refractivity contribution < 1.29 is 4.74 Å². The quantitative estimate of drug-likeness (QED) is 0.645. The van der Waals surface area contributed by atoms with Crippen LogP contribution in [0.2, 0.25) is 10.0 Å². The van der Waals surface area contributed by atoms with Gasteiger partial charge in [-0.3, -0.25) is 5.41 Å². The van der Waals surface area contributed by atoms with Gasteiger partial charge in [-0.15, -0.1) is 6.58 Å². The van der Waals surface area contributed by atoms with Gasteiger partial charge in [0.25, 0.3) is 0 Å². The molecule has 3 rings (SSSR count). The van der Waals surface area contributed by atoms with Crippen LogP contribution in [-0.4, -0.2) is 15.7 Å². The topological polar surface area (TPSA) is 42.9 Å². The van der Waals surface area contributed by atoms with Crippen LogP contribution in [0.25, 0.3) is 11.0 Å². The summed E-state index contributed by atoms with van der Waals surface area (Å²) in [4.78, 5) is 0. The van der Waals surface area contributed by atoms with Gasteiger partial charge in [0.05, 0.1) is 22.6 Å². The number of nitrogens with zero attached hydrogens (tertiary/aromatic N) is 2. The van der Waals surface area contributed by atoms with Crippen LogP contribution in [0.1, 0.15) is 0 Å². The molecule has 1 heterocycles. The first-order valence-electron chi connectivity index (χ1n) is 7.53. The predicted molar refractivity (Wildman–Crippen MR) is 97.9 cm³/mol. The van der Waals surface area contributed by atoms with Crippen molar-refractivity contribution in [2.24, 2.45) is 0 Å². The van der Waals surface area contributed by atoms with Crippen LogP contribution >= 0.6 is 23.2 Å². The second-order valence-corrected chi connectivity index (χ2v) is 6.13. The number of allylic oxidation sites excluding steroid dienone is 1. The van der Waals surface area contributed by atoms with E-state index in [9.17, 15) is 0 Å². The van der Waals surface area contributed by atoms with Crippen molar-refractivity contribution in [1.82, 2.24) is 9.13 Å². The lowest BCUT2D eigenvalue weighted by Gasteiger charge is -2.09. The summed E-state index contributed by atoms with van der Waals surface area (Å²) in [5, 5.41) is 9.46. The average Bonchev–Trinajstić information content (AvgIpc) is 2.83. The van der Waals surface area contributed by atoms with E-state index in [1.54, 1.807) is 24.3 Å². The first kappa shape index (κ1) is 16.7. The van der Waals surface area contributed by atoms with Gasteiger partial charge in [-0.05, 0) is 30.3 Å². The molecule has 0 spiro atoms. The molecule has 1 N–H and O–H groups in total. The second-order valence-electron chi connectivity index (χ2n) is 5.29. The molecule has 124 valence electrons. The molecule has 24 heavy (non-hydrogen) atoms. The highest BCUT2D eigenvalue weighted by Gasteiger charge is 2.10. The molecule has 0 amide bonds. The molecule has 0 radical (unpaired) electrons. The Bertz CT molecular complexity index is 943. The van der Waals surface area contributed by atoms with Crippen LogP contribution in [0.4, 0.5) is 0 Å². The van der Waals surface area contributed by atoms with E-state index < -0.39 is 0 Å². The monoisotopic (exact) mass is 361 g/mol. The Kier molecular flexibility index (Phi) is 4.97. The van der Waals surface area contributed by atoms with Crippen LogP contribution < -0.4 is 10.4 Å². The molecule has 0 atom stereocenters. The number of aromatic nitrogens is 2. The molecule has 0 aliphatic rings. The summed E-state index contributed by atoms with van der Waals surface area (Å²) < 4.78 is 9.58. The highest BCUT2D eigenvalue weighted by atomic mass is 35.5. The minimum atomic E-state index is 0.403. The van der Waals surface area contributed by atoms with E-state index >= 15 is 0 Å². The van der Waals surface area contributed by atoms with Gasteiger partial charge in [0.1, 0.15) is 12.4 Å². The van der Waals surface area contributed by atoms with Gasteiger partial charge in [0.2, 0.25) is 5.62 Å². The first-order valence-corrected chi connectivity index (χ1v) is 8.29. The summed E-state index contributed by atoms with van der Waals surface area (Å²) in [5.74, 6) is 0.586. The SMILES string of the molecule is C=CCn1c(=N)n(CCOc2ccc(Cl)cc2Cl)c2ccccc21. The largest absolute Gasteiger partial charge is 0.490 e. The molecule has 0 saturated carbocycles. The lowest BCUT2D eigenvalue weighted by Crippen LogP contribution is -2.26. The van der Waals surface area contributed by atoms with E-state index in [0.717, 1.165) is 11.0 Å². The van der Waals surface area contributed by atoms with Crippen molar-refractivity contribution in [3.05, 3.63) is 70.8 Å². The van der Waals surface area contributed by atoms with Gasteiger partial charge in [0, 0.05) is 11.6 Å². The third kappa shape index (κ3) is 3.21. The van der Waals surface area contributed by atoms with Crippen molar-refractivity contribution >= 4 is 34.2 Å². The third-order valence-corrected chi connectivity index (χ3v) is 4.28. The second kappa shape index (κ2) is 7.16. The Morgan fingerprint density at radius 2 is 1.79 bits per heavy atom. The zero-order chi connectivity index (χ0) is 17.1. The molecular weight excluding hydrogens is 345 g/mol. The summed E-state index contributed by atoms with van der Waals surface area (Å²) in [6.45, 7) is 5.31. The van der Waals surface area contributed by atoms with Gasteiger partial charge in [-0.2, -0.15) is 0 Å². The van der Waals surface area contributed by atoms with Gasteiger partial charge >= 0.3 is 0 Å². The van der Waals surface area contributed by atoms with E-state index in [-0.39, 0.29) is 0 Å². The molecule has 4 nitrogen and oxygen atoms in total. The van der Waals surface area contributed by atoms with Gasteiger partial charge < -0.3 is 13.9 Å². The standard InChI is InChI=1S/C18H17Cl2N3O/c1-2-9-22-15-5-3-4-6-16(15)23(18(22)21)10-11-24-17-8-7-13(19)12-14(17)20/h2-8,12,21H,1,9-11H2. The highest BCUT2D eigenvalue weighted by molar-refractivity contribution is 6.35. The molecule has 1 aromatic heterocycles. The number of ether oxygens (including phenoxy) is 1. The van der Waals surface area contributed by atoms with Crippen LogP contribution in [0.3, 0.4) is 0 Å². The fourth-order valence-electron chi connectivity index (χ4n) is 2.67. The minimum Gasteiger partial charge on any atom is -0.490 e. The number of rotatable bonds is 6. The van der Waals surface area contributed by atoms with Crippen molar-refractivity contribution in [1.29, 1.82) is 5.41 Å². The highest BCUT2D eigenvalue weighted by Crippen LogP contribution is 2.27. The number of hydrogen-bond donors (Lipinski definition) is 1. The maximum absolute atomic E-state index is 8.41. The Morgan fingerprint density at radius 1 is 1.08 bits per heavy atom. The fourth-order valence-corrected chi connectivity index (χ4v) is 3.14. The van der Waals surface area contributed by atoms with E-state index in [4.69, 9.17) is 33.3 Å². The maximum atomic E-state index is 8.41. The number of nitrogens with one attached hydrogen (secondary N) is 1. The third-order valence-electron chi connectivity index (χ3n) is 3.75. The average molecular weight is 362 g/mol. The van der Waals surface area contributed by atoms with E-state index in [2.05, 4.69) is 6.58 Å². The molecule has 0 aliphatic heterocycles. The zero-order valence-electron chi connectivity index (χ0n) is 13.0. The van der Waals surface area contributed by atoms with Crippen LogP contribution in [-0.2, 0) is 13.1 Å². The number of fused-ring (bicyclic) bond motifs is 1. The van der Waals surface area contributed by atoms with E-state index in [0.29, 0.717) is 41.1 Å². The molecular formula is C18H17Cl2N3O. The van der Waals surface area contributed by atoms with Crippen LogP contribution in [0.5, 0.6) is 5.75 Å². The molecule has 0 bridgehead atoms. The first-order chi connectivity index (χ1) is 11.6. The lowest BCUT2D eigenvalue weighted by molar-refractivity contribution is 0.297. The van der Waals surface area contributed by atoms with Crippen molar-refractivity contribution in [3.8, 4) is 5.75 Å².